The number of ether oxygens (including phenoxy) is 2. The number of nitrogens with two attached hydrogens (primary N) is 1. The lowest BCUT2D eigenvalue weighted by atomic mass is 10.1. The highest BCUT2D eigenvalue weighted by Crippen LogP contribution is 2.33. The lowest BCUT2D eigenvalue weighted by molar-refractivity contribution is -0.122. The highest BCUT2D eigenvalue weighted by atomic mass is 32.1. The summed E-state index contributed by atoms with van der Waals surface area (Å²) in [6.07, 6.45) is 7.20. The molecule has 2 heterocycles. The van der Waals surface area contributed by atoms with E-state index in [9.17, 15) is 19.2 Å². The normalized spacial score (nSPS) is 14.0. The van der Waals surface area contributed by atoms with Gasteiger partial charge in [-0.15, -0.1) is 11.3 Å². The Morgan fingerprint density at radius 3 is 2.58 bits per heavy atom. The Morgan fingerprint density at radius 2 is 1.79 bits per heavy atom. The molecule has 1 saturated carbocycles. The molecule has 0 spiro atoms. The van der Waals surface area contributed by atoms with Gasteiger partial charge in [-0.1, -0.05) is 37.5 Å². The molecule has 1 aliphatic carbocycles. The largest absolute Gasteiger partial charge is 0.494 e. The number of nitrogens with one attached hydrogen (secondary N) is 3. The predicted octanol–water partition coefficient (Wildman–Crippen LogP) is 5.55. The average Bonchev–Trinajstić information content (AvgIpc) is 3.87. The van der Waals surface area contributed by atoms with Crippen molar-refractivity contribution >= 4 is 46.3 Å². The first kappa shape index (κ1) is 36.5. The lowest BCUT2D eigenvalue weighted by Gasteiger charge is -2.24. The molecule has 1 atom stereocenters. The zero-order chi connectivity index (χ0) is 36.3. The summed E-state index contributed by atoms with van der Waals surface area (Å²) in [4.78, 5) is 56.4. The van der Waals surface area contributed by atoms with Crippen molar-refractivity contribution in [3.63, 3.8) is 0 Å². The van der Waals surface area contributed by atoms with E-state index in [2.05, 4.69) is 20.9 Å². The number of thiazole rings is 1. The maximum absolute atomic E-state index is 13.5. The SMILES string of the molecule is NC(Cc1cscn1)C(=O)NCCCCCCCOc1cccc(NC(=O)c2ccc(CN(C(=O)c3ccc4c(c3)OCC(=O)N4)C3CC3)cc2)c1. The maximum Gasteiger partial charge on any atom is 0.262 e. The van der Waals surface area contributed by atoms with Crippen molar-refractivity contribution in [1.29, 1.82) is 0 Å². The number of aromatic nitrogens is 1. The molecule has 2 aliphatic rings. The Kier molecular flexibility index (Phi) is 12.5. The molecule has 1 unspecified atom stereocenters. The smallest absolute Gasteiger partial charge is 0.262 e. The van der Waals surface area contributed by atoms with Crippen LogP contribution in [0.5, 0.6) is 11.5 Å². The Labute approximate surface area is 307 Å². The van der Waals surface area contributed by atoms with Crippen molar-refractivity contribution in [2.24, 2.45) is 5.73 Å². The van der Waals surface area contributed by atoms with Gasteiger partial charge in [0.2, 0.25) is 5.91 Å². The van der Waals surface area contributed by atoms with Crippen molar-refractivity contribution in [3.05, 3.63) is 100 Å². The van der Waals surface area contributed by atoms with Crippen LogP contribution in [-0.2, 0) is 22.6 Å². The van der Waals surface area contributed by atoms with Gasteiger partial charge in [-0.2, -0.15) is 0 Å². The molecule has 1 aromatic heterocycles. The van der Waals surface area contributed by atoms with E-state index in [0.29, 0.717) is 60.1 Å². The van der Waals surface area contributed by atoms with Crippen LogP contribution in [0.4, 0.5) is 11.4 Å². The van der Waals surface area contributed by atoms with Gasteiger partial charge in [-0.25, -0.2) is 4.98 Å². The van der Waals surface area contributed by atoms with Crippen molar-refractivity contribution in [1.82, 2.24) is 15.2 Å². The summed E-state index contributed by atoms with van der Waals surface area (Å²) < 4.78 is 11.4. The maximum atomic E-state index is 13.5. The first-order chi connectivity index (χ1) is 25.3. The number of nitrogens with zero attached hydrogens (tertiary/aromatic N) is 2. The summed E-state index contributed by atoms with van der Waals surface area (Å²) in [5.41, 5.74) is 11.7. The summed E-state index contributed by atoms with van der Waals surface area (Å²) in [5.74, 6) is 0.473. The molecule has 1 aliphatic heterocycles. The predicted molar refractivity (Wildman–Crippen MR) is 200 cm³/mol. The first-order valence-corrected chi connectivity index (χ1v) is 18.7. The molecule has 4 aromatic rings. The van der Waals surface area contributed by atoms with Crippen LogP contribution in [0.25, 0.3) is 0 Å². The number of hydrogen-bond donors (Lipinski definition) is 4. The number of carbonyl (C=O) groups excluding carboxylic acids is 4. The van der Waals surface area contributed by atoms with Gasteiger partial charge >= 0.3 is 0 Å². The van der Waals surface area contributed by atoms with Crippen LogP contribution < -0.4 is 31.2 Å². The number of benzene rings is 3. The van der Waals surface area contributed by atoms with Crippen LogP contribution >= 0.6 is 11.3 Å². The Morgan fingerprint density at radius 1 is 1.00 bits per heavy atom. The second-order valence-corrected chi connectivity index (χ2v) is 13.8. The minimum absolute atomic E-state index is 0.0740. The molecule has 0 saturated heterocycles. The molecule has 3 aromatic carbocycles. The lowest BCUT2D eigenvalue weighted by Crippen LogP contribution is -2.42. The highest BCUT2D eigenvalue weighted by molar-refractivity contribution is 7.07. The number of amides is 4. The quantitative estimate of drug-likeness (QED) is 0.0971. The number of anilines is 2. The summed E-state index contributed by atoms with van der Waals surface area (Å²) in [7, 11) is 0. The van der Waals surface area contributed by atoms with Gasteiger partial charge in [0.15, 0.2) is 6.61 Å². The third-order valence-electron chi connectivity index (χ3n) is 8.91. The van der Waals surface area contributed by atoms with Gasteiger partial charge in [0.05, 0.1) is 29.5 Å². The van der Waals surface area contributed by atoms with E-state index in [1.54, 1.807) is 35.8 Å². The van der Waals surface area contributed by atoms with E-state index < -0.39 is 6.04 Å². The summed E-state index contributed by atoms with van der Waals surface area (Å²) in [6, 6.07) is 19.3. The Balaban J connectivity index is 0.891. The molecular formula is C39H44N6O6S. The van der Waals surface area contributed by atoms with E-state index in [1.165, 1.54) is 11.3 Å². The summed E-state index contributed by atoms with van der Waals surface area (Å²) >= 11 is 1.49. The molecule has 0 radical (unpaired) electrons. The van der Waals surface area contributed by atoms with Crippen molar-refractivity contribution in [2.75, 3.05) is 30.4 Å². The van der Waals surface area contributed by atoms with Crippen LogP contribution in [0.2, 0.25) is 0 Å². The van der Waals surface area contributed by atoms with E-state index in [1.807, 2.05) is 46.7 Å². The number of unbranched alkanes of at least 4 members (excludes halogenated alkanes) is 4. The third-order valence-corrected chi connectivity index (χ3v) is 9.54. The second-order valence-electron chi connectivity index (χ2n) is 13.1. The second kappa shape index (κ2) is 17.8. The van der Waals surface area contributed by atoms with Crippen LogP contribution in [0, 0.1) is 0 Å². The Bertz CT molecular complexity index is 1850. The van der Waals surface area contributed by atoms with Gasteiger partial charge in [0, 0.05) is 53.8 Å². The third kappa shape index (κ3) is 10.4. The molecule has 272 valence electrons. The summed E-state index contributed by atoms with van der Waals surface area (Å²) in [5, 5.41) is 10.5. The van der Waals surface area contributed by atoms with Crippen LogP contribution in [-0.4, -0.2) is 65.4 Å². The highest BCUT2D eigenvalue weighted by Gasteiger charge is 2.33. The molecule has 52 heavy (non-hydrogen) atoms. The molecule has 6 rings (SSSR count). The Hall–Kier alpha value is -5.27. The molecule has 0 bridgehead atoms. The fourth-order valence-electron chi connectivity index (χ4n) is 5.90. The molecular weight excluding hydrogens is 681 g/mol. The van der Waals surface area contributed by atoms with Gasteiger partial charge < -0.3 is 36.1 Å². The topological polar surface area (TPSA) is 165 Å². The van der Waals surface area contributed by atoms with Gasteiger partial charge in [0.1, 0.15) is 11.5 Å². The number of hydrogen-bond acceptors (Lipinski definition) is 9. The average molecular weight is 725 g/mol. The minimum atomic E-state index is -0.579. The summed E-state index contributed by atoms with van der Waals surface area (Å²) in [6.45, 7) is 1.52. The molecule has 1 fully saturated rings. The van der Waals surface area contributed by atoms with Gasteiger partial charge in [-0.05, 0) is 73.7 Å². The minimum Gasteiger partial charge on any atom is -0.494 e. The fourth-order valence-corrected chi connectivity index (χ4v) is 6.47. The molecule has 4 amide bonds. The van der Waals surface area contributed by atoms with Crippen molar-refractivity contribution in [2.45, 2.75) is 70.0 Å². The van der Waals surface area contributed by atoms with Crippen molar-refractivity contribution in [3.8, 4) is 11.5 Å². The fraction of sp³-hybridized carbons (Fsp3) is 0.359. The van der Waals surface area contributed by atoms with Crippen LogP contribution in [0.3, 0.4) is 0 Å². The standard InChI is InChI=1S/C39H44N6O6S/c40-33(21-30-24-52-25-42-30)38(48)41-17-4-2-1-3-5-18-50-32-8-6-7-29(20-32)43-37(47)27-11-9-26(10-12-27)22-45(31-14-15-31)39(49)28-13-16-34-35(19-28)51-23-36(46)44-34/h6-13,16,19-20,24-25,31,33H,1-5,14-15,17-18,21-23,40H2,(H,41,48)(H,43,47)(H,44,46). The molecule has 13 heteroatoms. The number of rotatable bonds is 18. The first-order valence-electron chi connectivity index (χ1n) is 17.7. The zero-order valence-corrected chi connectivity index (χ0v) is 29.8. The van der Waals surface area contributed by atoms with E-state index in [4.69, 9.17) is 15.2 Å². The van der Waals surface area contributed by atoms with Crippen LogP contribution in [0.1, 0.15) is 76.9 Å². The van der Waals surface area contributed by atoms with E-state index in [-0.39, 0.29) is 36.3 Å². The van der Waals surface area contributed by atoms with Gasteiger partial charge in [0.25, 0.3) is 17.7 Å². The molecule has 5 N–H and O–H groups in total. The van der Waals surface area contributed by atoms with E-state index >= 15 is 0 Å². The zero-order valence-electron chi connectivity index (χ0n) is 29.0. The number of carbonyl (C=O) groups is 4. The monoisotopic (exact) mass is 724 g/mol. The van der Waals surface area contributed by atoms with Gasteiger partial charge in [-0.3, -0.25) is 19.2 Å². The van der Waals surface area contributed by atoms with Crippen LogP contribution in [0.15, 0.2) is 77.6 Å². The number of fused-ring (bicyclic) bond motifs is 1. The van der Waals surface area contributed by atoms with E-state index in [0.717, 1.165) is 56.2 Å². The molecule has 12 nitrogen and oxygen atoms in total. The van der Waals surface area contributed by atoms with Crippen molar-refractivity contribution < 1.29 is 28.7 Å².